The average molecular weight is 257 g/mol. The van der Waals surface area contributed by atoms with E-state index in [1.807, 2.05) is 0 Å². The molecular formula is C8H11F4N3O2. The molecule has 0 atom stereocenters. The number of ether oxygens (including phenoxy) is 1. The quantitative estimate of drug-likeness (QED) is 0.737. The second-order valence-electron chi connectivity index (χ2n) is 3.20. The predicted octanol–water partition coefficient (Wildman–Crippen LogP) is 0.988. The summed E-state index contributed by atoms with van der Waals surface area (Å²) < 4.78 is 57.4. The van der Waals surface area contributed by atoms with E-state index in [9.17, 15) is 17.6 Å². The van der Waals surface area contributed by atoms with Gasteiger partial charge in [0.1, 0.15) is 13.2 Å². The highest BCUT2D eigenvalue weighted by Gasteiger charge is 2.41. The molecule has 0 aliphatic rings. The Morgan fingerprint density at radius 2 is 2.12 bits per heavy atom. The van der Waals surface area contributed by atoms with E-state index in [1.165, 1.54) is 0 Å². The van der Waals surface area contributed by atoms with Gasteiger partial charge in [0.05, 0.1) is 0 Å². The van der Waals surface area contributed by atoms with E-state index in [0.717, 1.165) is 0 Å². The van der Waals surface area contributed by atoms with Gasteiger partial charge in [-0.2, -0.15) is 13.8 Å². The molecular weight excluding hydrogens is 246 g/mol. The van der Waals surface area contributed by atoms with Crippen LogP contribution in [-0.2, 0) is 17.8 Å². The molecule has 1 heterocycles. The van der Waals surface area contributed by atoms with Gasteiger partial charge in [-0.15, -0.1) is 0 Å². The molecule has 0 saturated carbocycles. The molecule has 0 amide bonds. The second-order valence-corrected chi connectivity index (χ2v) is 3.20. The smallest absolute Gasteiger partial charge is 0.330 e. The maximum absolute atomic E-state index is 12.4. The third-order valence-electron chi connectivity index (χ3n) is 1.71. The number of nitrogens with two attached hydrogens (primary N) is 1. The minimum absolute atomic E-state index is 0.0125. The van der Waals surface area contributed by atoms with E-state index in [2.05, 4.69) is 19.4 Å². The molecule has 0 unspecified atom stereocenters. The van der Waals surface area contributed by atoms with Gasteiger partial charge in [0.15, 0.2) is 5.82 Å². The van der Waals surface area contributed by atoms with Crippen molar-refractivity contribution in [2.75, 3.05) is 13.2 Å². The fourth-order valence-corrected chi connectivity index (χ4v) is 0.915. The zero-order chi connectivity index (χ0) is 12.9. The van der Waals surface area contributed by atoms with Crippen LogP contribution in [0.2, 0.25) is 0 Å². The van der Waals surface area contributed by atoms with Gasteiger partial charge in [-0.1, -0.05) is 5.16 Å². The van der Waals surface area contributed by atoms with Crippen LogP contribution >= 0.6 is 0 Å². The summed E-state index contributed by atoms with van der Waals surface area (Å²) in [6, 6.07) is 0. The van der Waals surface area contributed by atoms with Crippen molar-refractivity contribution >= 4 is 0 Å². The van der Waals surface area contributed by atoms with Crippen LogP contribution in [0.1, 0.15) is 11.7 Å². The Bertz CT molecular complexity index is 345. The van der Waals surface area contributed by atoms with Gasteiger partial charge in [-0.3, -0.25) is 0 Å². The number of halogens is 4. The Hall–Kier alpha value is -1.22. The standard InChI is InChI=1S/C8H11F4N3O2/c9-7(10)8(11,12)4-16-3-5-14-6(1-2-13)17-15-5/h7H,1-4,13H2. The Morgan fingerprint density at radius 3 is 2.71 bits per heavy atom. The third kappa shape index (κ3) is 4.27. The van der Waals surface area contributed by atoms with Crippen LogP contribution in [-0.4, -0.2) is 35.6 Å². The number of hydrogen-bond acceptors (Lipinski definition) is 5. The molecule has 1 aromatic rings. The van der Waals surface area contributed by atoms with Gasteiger partial charge in [-0.25, -0.2) is 8.78 Å². The van der Waals surface area contributed by atoms with Crippen molar-refractivity contribution in [3.05, 3.63) is 11.7 Å². The number of aromatic nitrogens is 2. The van der Waals surface area contributed by atoms with Crippen molar-refractivity contribution in [3.63, 3.8) is 0 Å². The number of nitrogens with zero attached hydrogens (tertiary/aromatic N) is 2. The Balaban J connectivity index is 2.35. The lowest BCUT2D eigenvalue weighted by Gasteiger charge is -2.14. The van der Waals surface area contributed by atoms with Crippen molar-refractivity contribution in [2.45, 2.75) is 25.4 Å². The second kappa shape index (κ2) is 5.92. The topological polar surface area (TPSA) is 74.2 Å². The van der Waals surface area contributed by atoms with Crippen molar-refractivity contribution < 1.29 is 26.8 Å². The summed E-state index contributed by atoms with van der Waals surface area (Å²) in [7, 11) is 0. The molecule has 0 aliphatic carbocycles. The van der Waals surface area contributed by atoms with Crippen LogP contribution in [0.3, 0.4) is 0 Å². The van der Waals surface area contributed by atoms with E-state index in [0.29, 0.717) is 13.0 Å². The van der Waals surface area contributed by atoms with Gasteiger partial charge in [-0.05, 0) is 0 Å². The van der Waals surface area contributed by atoms with Gasteiger partial charge in [0.25, 0.3) is 0 Å². The molecule has 17 heavy (non-hydrogen) atoms. The maximum Gasteiger partial charge on any atom is 0.330 e. The summed E-state index contributed by atoms with van der Waals surface area (Å²) in [5.41, 5.74) is 5.22. The lowest BCUT2D eigenvalue weighted by molar-refractivity contribution is -0.168. The Morgan fingerprint density at radius 1 is 1.41 bits per heavy atom. The van der Waals surface area contributed by atoms with Gasteiger partial charge in [0, 0.05) is 13.0 Å². The lowest BCUT2D eigenvalue weighted by Crippen LogP contribution is -2.32. The highest BCUT2D eigenvalue weighted by molar-refractivity contribution is 4.85. The summed E-state index contributed by atoms with van der Waals surface area (Å²) >= 11 is 0. The largest absolute Gasteiger partial charge is 0.367 e. The van der Waals surface area contributed by atoms with E-state index < -0.39 is 25.6 Å². The highest BCUT2D eigenvalue weighted by Crippen LogP contribution is 2.23. The summed E-state index contributed by atoms with van der Waals surface area (Å²) in [6.45, 7) is -1.52. The lowest BCUT2D eigenvalue weighted by atomic mass is 10.4. The summed E-state index contributed by atoms with van der Waals surface area (Å²) in [6.07, 6.45) is -3.42. The van der Waals surface area contributed by atoms with Crippen LogP contribution in [0, 0.1) is 0 Å². The Labute approximate surface area is 93.9 Å². The maximum atomic E-state index is 12.4. The predicted molar refractivity (Wildman–Crippen MR) is 47.7 cm³/mol. The zero-order valence-electron chi connectivity index (χ0n) is 8.71. The van der Waals surface area contributed by atoms with E-state index >= 15 is 0 Å². The van der Waals surface area contributed by atoms with E-state index in [-0.39, 0.29) is 11.7 Å². The molecule has 0 radical (unpaired) electrons. The zero-order valence-corrected chi connectivity index (χ0v) is 8.71. The summed E-state index contributed by atoms with van der Waals surface area (Å²) in [4.78, 5) is 3.75. The first-order valence-electron chi connectivity index (χ1n) is 4.71. The average Bonchev–Trinajstić information content (AvgIpc) is 2.66. The molecule has 5 nitrogen and oxygen atoms in total. The molecule has 0 saturated heterocycles. The first-order chi connectivity index (χ1) is 7.95. The van der Waals surface area contributed by atoms with Crippen molar-refractivity contribution in [2.24, 2.45) is 5.73 Å². The number of hydrogen-bond donors (Lipinski definition) is 1. The van der Waals surface area contributed by atoms with Crippen molar-refractivity contribution in [1.29, 1.82) is 0 Å². The van der Waals surface area contributed by atoms with E-state index in [1.54, 1.807) is 0 Å². The normalized spacial score (nSPS) is 12.4. The summed E-state index contributed by atoms with van der Waals surface area (Å²) in [5.74, 6) is -3.92. The SMILES string of the molecule is NCCc1nc(COCC(F)(F)C(F)F)no1. The highest BCUT2D eigenvalue weighted by atomic mass is 19.3. The minimum Gasteiger partial charge on any atom is -0.367 e. The molecule has 0 aromatic carbocycles. The fourth-order valence-electron chi connectivity index (χ4n) is 0.915. The molecule has 0 bridgehead atoms. The van der Waals surface area contributed by atoms with Crippen LogP contribution in [0.4, 0.5) is 17.6 Å². The van der Waals surface area contributed by atoms with Crippen LogP contribution in [0.25, 0.3) is 0 Å². The van der Waals surface area contributed by atoms with Gasteiger partial charge in [0.2, 0.25) is 5.89 Å². The Kier molecular flexibility index (Phi) is 4.82. The molecule has 0 aliphatic heterocycles. The third-order valence-corrected chi connectivity index (χ3v) is 1.71. The first kappa shape index (κ1) is 13.8. The molecule has 1 rings (SSSR count). The van der Waals surface area contributed by atoms with Crippen LogP contribution in [0.15, 0.2) is 4.52 Å². The number of rotatable bonds is 7. The molecule has 9 heteroatoms. The molecule has 98 valence electrons. The molecule has 0 fully saturated rings. The fraction of sp³-hybridized carbons (Fsp3) is 0.750. The monoisotopic (exact) mass is 257 g/mol. The van der Waals surface area contributed by atoms with Gasteiger partial charge >= 0.3 is 12.3 Å². The van der Waals surface area contributed by atoms with Gasteiger partial charge < -0.3 is 15.0 Å². The van der Waals surface area contributed by atoms with Crippen LogP contribution in [0.5, 0.6) is 0 Å². The first-order valence-corrected chi connectivity index (χ1v) is 4.71. The van der Waals surface area contributed by atoms with Crippen molar-refractivity contribution in [3.8, 4) is 0 Å². The molecule has 2 N–H and O–H groups in total. The molecule has 1 aromatic heterocycles. The van der Waals surface area contributed by atoms with Crippen molar-refractivity contribution in [1.82, 2.24) is 10.1 Å². The summed E-state index contributed by atoms with van der Waals surface area (Å²) in [5, 5.41) is 3.40. The minimum atomic E-state index is -4.18. The number of alkyl halides is 4. The van der Waals surface area contributed by atoms with Crippen LogP contribution < -0.4 is 5.73 Å². The molecule has 0 spiro atoms. The van der Waals surface area contributed by atoms with E-state index in [4.69, 9.17) is 5.73 Å².